The van der Waals surface area contributed by atoms with Crippen molar-refractivity contribution in [2.24, 2.45) is 5.73 Å². The molecule has 0 aliphatic carbocycles. The minimum Gasteiger partial charge on any atom is -0.325 e. The summed E-state index contributed by atoms with van der Waals surface area (Å²) in [5, 5.41) is 0. The van der Waals surface area contributed by atoms with Crippen LogP contribution in [-0.2, 0) is 6.54 Å². The summed E-state index contributed by atoms with van der Waals surface area (Å²) in [4.78, 5) is 4.76. The van der Waals surface area contributed by atoms with Crippen LogP contribution in [0.15, 0.2) is 77.4 Å². The Labute approximate surface area is 148 Å². The van der Waals surface area contributed by atoms with Crippen LogP contribution in [0.25, 0.3) is 28.0 Å². The molecule has 0 amide bonds. The molecule has 0 bridgehead atoms. The third-order valence-electron chi connectivity index (χ3n) is 4.14. The lowest BCUT2D eigenvalue weighted by Crippen LogP contribution is -2.02. The SMILES string of the molecule is NCc1c(-c2ccc(-c3ccccc3)cc2)nc2ccc(Br)cn12. The largest absolute Gasteiger partial charge is 0.325 e. The molecule has 2 N–H and O–H groups in total. The molecule has 0 spiro atoms. The maximum Gasteiger partial charge on any atom is 0.137 e. The van der Waals surface area contributed by atoms with E-state index in [0.29, 0.717) is 6.54 Å². The molecule has 0 aliphatic heterocycles. The number of fused-ring (bicyclic) bond motifs is 1. The van der Waals surface area contributed by atoms with Crippen LogP contribution in [0.5, 0.6) is 0 Å². The van der Waals surface area contributed by atoms with Crippen LogP contribution < -0.4 is 5.73 Å². The van der Waals surface area contributed by atoms with Gasteiger partial charge in [-0.05, 0) is 39.2 Å². The number of pyridine rings is 1. The summed E-state index contributed by atoms with van der Waals surface area (Å²) in [6, 6.07) is 22.8. The van der Waals surface area contributed by atoms with Crippen LogP contribution in [0.3, 0.4) is 0 Å². The van der Waals surface area contributed by atoms with Crippen LogP contribution in [0.2, 0.25) is 0 Å². The fourth-order valence-corrected chi connectivity index (χ4v) is 3.28. The molecule has 4 aromatic rings. The van der Waals surface area contributed by atoms with Crippen molar-refractivity contribution in [3.05, 3.63) is 83.1 Å². The normalized spacial score (nSPS) is 11.1. The van der Waals surface area contributed by atoms with E-state index in [1.54, 1.807) is 0 Å². The topological polar surface area (TPSA) is 43.3 Å². The molecule has 118 valence electrons. The summed E-state index contributed by atoms with van der Waals surface area (Å²) >= 11 is 3.51. The summed E-state index contributed by atoms with van der Waals surface area (Å²) in [7, 11) is 0. The van der Waals surface area contributed by atoms with Crippen LogP contribution in [-0.4, -0.2) is 9.38 Å². The van der Waals surface area contributed by atoms with Crippen molar-refractivity contribution >= 4 is 21.6 Å². The smallest absolute Gasteiger partial charge is 0.137 e. The van der Waals surface area contributed by atoms with E-state index in [-0.39, 0.29) is 0 Å². The molecule has 24 heavy (non-hydrogen) atoms. The third kappa shape index (κ3) is 2.64. The average molecular weight is 378 g/mol. The summed E-state index contributed by atoms with van der Waals surface area (Å²) < 4.78 is 3.05. The number of nitrogens with two attached hydrogens (primary N) is 1. The standard InChI is InChI=1S/C20H16BrN3/c21-17-10-11-19-23-20(18(12-22)24(19)13-17)16-8-6-15(7-9-16)14-4-2-1-3-5-14/h1-11,13H,12,22H2. The first-order valence-electron chi connectivity index (χ1n) is 7.78. The molecule has 0 fully saturated rings. The molecule has 0 atom stereocenters. The Balaban J connectivity index is 1.80. The second-order valence-corrected chi connectivity index (χ2v) is 6.55. The minimum absolute atomic E-state index is 0.438. The molecule has 0 radical (unpaired) electrons. The van der Waals surface area contributed by atoms with Gasteiger partial charge in [-0.3, -0.25) is 0 Å². The van der Waals surface area contributed by atoms with E-state index in [0.717, 1.165) is 27.1 Å². The number of rotatable bonds is 3. The Hall–Kier alpha value is -2.43. The average Bonchev–Trinajstić information content (AvgIpc) is 3.00. The molecule has 0 saturated heterocycles. The second kappa shape index (κ2) is 6.23. The van der Waals surface area contributed by atoms with Gasteiger partial charge >= 0.3 is 0 Å². The van der Waals surface area contributed by atoms with Gasteiger partial charge in [0.2, 0.25) is 0 Å². The van der Waals surface area contributed by atoms with Crippen molar-refractivity contribution in [1.82, 2.24) is 9.38 Å². The summed E-state index contributed by atoms with van der Waals surface area (Å²) in [6.45, 7) is 0.438. The number of nitrogens with zero attached hydrogens (tertiary/aromatic N) is 2. The first-order valence-corrected chi connectivity index (χ1v) is 8.58. The van der Waals surface area contributed by atoms with Gasteiger partial charge in [-0.2, -0.15) is 0 Å². The fraction of sp³-hybridized carbons (Fsp3) is 0.0500. The highest BCUT2D eigenvalue weighted by Crippen LogP contribution is 2.28. The lowest BCUT2D eigenvalue weighted by molar-refractivity contribution is 0.959. The predicted octanol–water partition coefficient (Wildman–Crippen LogP) is 4.89. The molecular formula is C20H16BrN3. The van der Waals surface area contributed by atoms with Crippen molar-refractivity contribution in [3.63, 3.8) is 0 Å². The fourth-order valence-electron chi connectivity index (χ4n) is 2.94. The Kier molecular flexibility index (Phi) is 3.92. The van der Waals surface area contributed by atoms with Crippen molar-refractivity contribution in [2.75, 3.05) is 0 Å². The molecule has 0 saturated carbocycles. The number of imidazole rings is 1. The summed E-state index contributed by atoms with van der Waals surface area (Å²) in [5.41, 5.74) is 12.3. The minimum atomic E-state index is 0.438. The highest BCUT2D eigenvalue weighted by atomic mass is 79.9. The first-order chi connectivity index (χ1) is 11.8. The Bertz CT molecular complexity index is 989. The maximum atomic E-state index is 5.99. The Morgan fingerprint density at radius 1 is 0.833 bits per heavy atom. The molecule has 2 aromatic carbocycles. The second-order valence-electron chi connectivity index (χ2n) is 5.63. The van der Waals surface area contributed by atoms with Crippen LogP contribution in [0, 0.1) is 0 Å². The number of hydrogen-bond donors (Lipinski definition) is 1. The maximum absolute atomic E-state index is 5.99. The lowest BCUT2D eigenvalue weighted by atomic mass is 10.0. The third-order valence-corrected chi connectivity index (χ3v) is 4.61. The van der Waals surface area contributed by atoms with Crippen LogP contribution >= 0.6 is 15.9 Å². The number of aromatic nitrogens is 2. The van der Waals surface area contributed by atoms with Gasteiger partial charge in [-0.25, -0.2) is 4.98 Å². The molecule has 2 heterocycles. The monoisotopic (exact) mass is 377 g/mol. The number of halogens is 1. The molecule has 0 aliphatic rings. The zero-order chi connectivity index (χ0) is 16.5. The van der Waals surface area contributed by atoms with Crippen molar-refractivity contribution in [1.29, 1.82) is 0 Å². The van der Waals surface area contributed by atoms with E-state index < -0.39 is 0 Å². The van der Waals surface area contributed by atoms with Crippen molar-refractivity contribution < 1.29 is 0 Å². The first kappa shape index (κ1) is 15.1. The highest BCUT2D eigenvalue weighted by molar-refractivity contribution is 9.10. The van der Waals surface area contributed by atoms with E-state index >= 15 is 0 Å². The van der Waals surface area contributed by atoms with Gasteiger partial charge in [0.25, 0.3) is 0 Å². The zero-order valence-electron chi connectivity index (χ0n) is 13.0. The Morgan fingerprint density at radius 2 is 1.50 bits per heavy atom. The van der Waals surface area contributed by atoms with Gasteiger partial charge in [0, 0.05) is 22.8 Å². The van der Waals surface area contributed by atoms with Crippen LogP contribution in [0.4, 0.5) is 0 Å². The van der Waals surface area contributed by atoms with Crippen molar-refractivity contribution in [2.45, 2.75) is 6.54 Å². The summed E-state index contributed by atoms with van der Waals surface area (Å²) in [5.74, 6) is 0. The van der Waals surface area contributed by atoms with Gasteiger partial charge in [0.1, 0.15) is 5.65 Å². The zero-order valence-corrected chi connectivity index (χ0v) is 14.6. The van der Waals surface area contributed by atoms with Gasteiger partial charge in [-0.15, -0.1) is 0 Å². The highest BCUT2D eigenvalue weighted by Gasteiger charge is 2.13. The van der Waals surface area contributed by atoms with Gasteiger partial charge < -0.3 is 10.1 Å². The molecule has 2 aromatic heterocycles. The number of hydrogen-bond acceptors (Lipinski definition) is 2. The molecule has 4 heteroatoms. The van der Waals surface area contributed by atoms with Gasteiger partial charge in [0.05, 0.1) is 11.4 Å². The quantitative estimate of drug-likeness (QED) is 0.552. The molecule has 3 nitrogen and oxygen atoms in total. The van der Waals surface area contributed by atoms with Crippen molar-refractivity contribution in [3.8, 4) is 22.4 Å². The predicted molar refractivity (Wildman–Crippen MR) is 102 cm³/mol. The Morgan fingerprint density at radius 3 is 2.21 bits per heavy atom. The summed E-state index contributed by atoms with van der Waals surface area (Å²) in [6.07, 6.45) is 2.01. The van der Waals surface area contributed by atoms with Gasteiger partial charge in [-0.1, -0.05) is 54.6 Å². The molecule has 0 unspecified atom stereocenters. The molecular weight excluding hydrogens is 362 g/mol. The molecule has 4 rings (SSSR count). The van der Waals surface area contributed by atoms with Crippen LogP contribution in [0.1, 0.15) is 5.69 Å². The van der Waals surface area contributed by atoms with Gasteiger partial charge in [0.15, 0.2) is 0 Å². The van der Waals surface area contributed by atoms with E-state index in [4.69, 9.17) is 10.7 Å². The van der Waals surface area contributed by atoms with E-state index in [1.165, 1.54) is 11.1 Å². The van der Waals surface area contributed by atoms with E-state index in [2.05, 4.69) is 64.5 Å². The van der Waals surface area contributed by atoms with E-state index in [9.17, 15) is 0 Å². The lowest BCUT2D eigenvalue weighted by Gasteiger charge is -2.05. The van der Waals surface area contributed by atoms with E-state index in [1.807, 2.05) is 28.8 Å². The number of benzene rings is 2.